The van der Waals surface area contributed by atoms with E-state index in [2.05, 4.69) is 0 Å². The number of carbonyl (C=O) groups excluding carboxylic acids is 2. The molecule has 0 amide bonds. The highest BCUT2D eigenvalue weighted by Crippen LogP contribution is 2.07. The number of allylic oxidation sites excluding steroid dienone is 1. The minimum absolute atomic E-state index is 0.326. The molecule has 0 aromatic carbocycles. The molecule has 0 aliphatic heterocycles. The molecule has 0 radical (unpaired) electrons. The predicted octanol–water partition coefficient (Wildman–Crippen LogP) is 0.518. The van der Waals surface area contributed by atoms with Gasteiger partial charge in [-0.05, 0) is 20.3 Å². The number of hydrogen-bond donors (Lipinski definition) is 2. The maximum atomic E-state index is 11.4. The molecule has 6 nitrogen and oxygen atoms in total. The molecule has 0 aromatic heterocycles. The fourth-order valence-corrected chi connectivity index (χ4v) is 1.06. The second-order valence-corrected chi connectivity index (χ2v) is 4.01. The van der Waals surface area contributed by atoms with E-state index < -0.39 is 30.9 Å². The van der Waals surface area contributed by atoms with Gasteiger partial charge in [0.05, 0.1) is 6.61 Å². The van der Waals surface area contributed by atoms with E-state index in [1.807, 2.05) is 6.92 Å². The first-order chi connectivity index (χ1) is 8.40. The molecule has 0 saturated heterocycles. The van der Waals surface area contributed by atoms with Crippen LogP contribution in [0, 0.1) is 0 Å². The first-order valence-corrected chi connectivity index (χ1v) is 5.75. The van der Waals surface area contributed by atoms with E-state index in [-0.39, 0.29) is 0 Å². The van der Waals surface area contributed by atoms with E-state index in [4.69, 9.17) is 19.7 Å². The van der Waals surface area contributed by atoms with Crippen LogP contribution in [0.15, 0.2) is 11.6 Å². The van der Waals surface area contributed by atoms with Crippen molar-refractivity contribution in [2.24, 2.45) is 0 Å². The average molecular weight is 260 g/mol. The van der Waals surface area contributed by atoms with Crippen LogP contribution in [0.2, 0.25) is 0 Å². The maximum absolute atomic E-state index is 11.4. The van der Waals surface area contributed by atoms with E-state index in [0.29, 0.717) is 12.8 Å². The molecule has 6 heteroatoms. The van der Waals surface area contributed by atoms with Gasteiger partial charge >= 0.3 is 11.9 Å². The van der Waals surface area contributed by atoms with Gasteiger partial charge < -0.3 is 19.7 Å². The van der Waals surface area contributed by atoms with Crippen LogP contribution in [0.1, 0.15) is 33.6 Å². The van der Waals surface area contributed by atoms with Crippen molar-refractivity contribution in [1.29, 1.82) is 0 Å². The molecule has 2 unspecified atom stereocenters. The summed E-state index contributed by atoms with van der Waals surface area (Å²) in [5, 5.41) is 17.6. The van der Waals surface area contributed by atoms with Gasteiger partial charge in [-0.3, -0.25) is 0 Å². The highest BCUT2D eigenvalue weighted by Gasteiger charge is 2.22. The second kappa shape index (κ2) is 8.66. The van der Waals surface area contributed by atoms with Gasteiger partial charge in [0.15, 0.2) is 6.10 Å². The highest BCUT2D eigenvalue weighted by molar-refractivity contribution is 5.83. The second-order valence-electron chi connectivity index (χ2n) is 4.01. The number of esters is 2. The number of aliphatic hydroxyl groups is 2. The van der Waals surface area contributed by atoms with Gasteiger partial charge in [-0.1, -0.05) is 12.5 Å². The third-order valence-electron chi connectivity index (χ3n) is 1.87. The molecule has 0 fully saturated rings. The predicted molar refractivity (Wildman–Crippen MR) is 63.4 cm³/mol. The van der Waals surface area contributed by atoms with Crippen LogP contribution >= 0.6 is 0 Å². The third kappa shape index (κ3) is 7.03. The Labute approximate surface area is 106 Å². The lowest BCUT2D eigenvalue weighted by molar-refractivity contribution is -0.193. The molecule has 0 saturated carbocycles. The smallest absolute Gasteiger partial charge is 0.340 e. The summed E-state index contributed by atoms with van der Waals surface area (Å²) in [4.78, 5) is 22.6. The van der Waals surface area contributed by atoms with Gasteiger partial charge in [-0.15, -0.1) is 0 Å². The van der Waals surface area contributed by atoms with Gasteiger partial charge in [0.1, 0.15) is 0 Å². The summed E-state index contributed by atoms with van der Waals surface area (Å²) in [6.07, 6.45) is -0.432. The Balaban J connectivity index is 4.43. The van der Waals surface area contributed by atoms with E-state index >= 15 is 0 Å². The Bertz CT molecular complexity index is 306. The summed E-state index contributed by atoms with van der Waals surface area (Å²) in [6.45, 7) is 4.56. The Morgan fingerprint density at radius 1 is 1.28 bits per heavy atom. The molecule has 0 rings (SSSR count). The van der Waals surface area contributed by atoms with E-state index in [0.717, 1.165) is 5.57 Å². The molecule has 0 aliphatic rings. The molecular formula is C12H20O6. The number of aliphatic hydroxyl groups excluding tert-OH is 2. The van der Waals surface area contributed by atoms with Crippen LogP contribution in [0.25, 0.3) is 0 Å². The molecule has 0 aliphatic carbocycles. The first-order valence-electron chi connectivity index (χ1n) is 5.75. The summed E-state index contributed by atoms with van der Waals surface area (Å²) < 4.78 is 9.69. The van der Waals surface area contributed by atoms with Crippen molar-refractivity contribution in [2.45, 2.75) is 46.0 Å². The van der Waals surface area contributed by atoms with Gasteiger partial charge in [-0.2, -0.15) is 0 Å². The number of rotatable bonds is 7. The summed E-state index contributed by atoms with van der Waals surface area (Å²) >= 11 is 0. The lowest BCUT2D eigenvalue weighted by Gasteiger charge is -2.18. The minimum atomic E-state index is -1.62. The molecule has 2 atom stereocenters. The number of hydrogen-bond acceptors (Lipinski definition) is 6. The molecular weight excluding hydrogens is 240 g/mol. The van der Waals surface area contributed by atoms with Crippen molar-refractivity contribution in [2.75, 3.05) is 6.61 Å². The van der Waals surface area contributed by atoms with E-state index in [1.54, 1.807) is 13.8 Å². The van der Waals surface area contributed by atoms with Crippen molar-refractivity contribution >= 4 is 11.9 Å². The lowest BCUT2D eigenvalue weighted by atomic mass is 10.3. The summed E-state index contributed by atoms with van der Waals surface area (Å²) in [5.41, 5.74) is 0.761. The number of ether oxygens (including phenoxy) is 2. The van der Waals surface area contributed by atoms with Crippen molar-refractivity contribution < 1.29 is 29.3 Å². The fourth-order valence-electron chi connectivity index (χ4n) is 1.06. The molecule has 18 heavy (non-hydrogen) atoms. The summed E-state index contributed by atoms with van der Waals surface area (Å²) in [7, 11) is 0. The molecule has 0 aromatic rings. The molecule has 0 heterocycles. The zero-order valence-corrected chi connectivity index (χ0v) is 10.9. The molecule has 0 spiro atoms. The average Bonchev–Trinajstić information content (AvgIpc) is 2.26. The molecule has 2 N–H and O–H groups in total. The van der Waals surface area contributed by atoms with Gasteiger partial charge in [0.2, 0.25) is 6.29 Å². The van der Waals surface area contributed by atoms with Crippen LogP contribution in [-0.4, -0.2) is 41.2 Å². The Hall–Kier alpha value is -1.40. The van der Waals surface area contributed by atoms with Crippen molar-refractivity contribution in [3.05, 3.63) is 11.6 Å². The first kappa shape index (κ1) is 16.6. The SMILES string of the molecule is CCCC(OC(=O)C=C(C)C)OC(=O)C(O)CO. The zero-order chi connectivity index (χ0) is 14.1. The van der Waals surface area contributed by atoms with Crippen molar-refractivity contribution in [3.8, 4) is 0 Å². The zero-order valence-electron chi connectivity index (χ0n) is 10.9. The highest BCUT2D eigenvalue weighted by atomic mass is 16.7. The topological polar surface area (TPSA) is 93.1 Å². The standard InChI is InChI=1S/C12H20O6/c1-4-5-11(17-10(15)6-8(2)3)18-12(16)9(14)7-13/h6,9,11,13-14H,4-5,7H2,1-3H3. The van der Waals surface area contributed by atoms with E-state index in [1.165, 1.54) is 6.08 Å². The number of carbonyl (C=O) groups is 2. The molecule has 104 valence electrons. The Morgan fingerprint density at radius 3 is 2.33 bits per heavy atom. The fraction of sp³-hybridized carbons (Fsp3) is 0.667. The Morgan fingerprint density at radius 2 is 1.89 bits per heavy atom. The van der Waals surface area contributed by atoms with E-state index in [9.17, 15) is 9.59 Å². The monoisotopic (exact) mass is 260 g/mol. The Kier molecular flexibility index (Phi) is 7.98. The third-order valence-corrected chi connectivity index (χ3v) is 1.87. The van der Waals surface area contributed by atoms with Gasteiger partial charge in [0.25, 0.3) is 0 Å². The van der Waals surface area contributed by atoms with Crippen LogP contribution in [0.5, 0.6) is 0 Å². The van der Waals surface area contributed by atoms with Crippen LogP contribution in [0.3, 0.4) is 0 Å². The molecule has 0 bridgehead atoms. The van der Waals surface area contributed by atoms with Gasteiger partial charge in [-0.25, -0.2) is 9.59 Å². The van der Waals surface area contributed by atoms with Crippen LogP contribution in [-0.2, 0) is 19.1 Å². The largest absolute Gasteiger partial charge is 0.423 e. The van der Waals surface area contributed by atoms with Crippen LogP contribution < -0.4 is 0 Å². The summed E-state index contributed by atoms with van der Waals surface area (Å²) in [6, 6.07) is 0. The lowest BCUT2D eigenvalue weighted by Crippen LogP contribution is -2.32. The maximum Gasteiger partial charge on any atom is 0.340 e. The normalized spacial score (nSPS) is 13.4. The summed E-state index contributed by atoms with van der Waals surface area (Å²) in [5.74, 6) is -1.62. The van der Waals surface area contributed by atoms with Gasteiger partial charge in [0, 0.05) is 12.5 Å². The van der Waals surface area contributed by atoms with Crippen molar-refractivity contribution in [1.82, 2.24) is 0 Å². The van der Waals surface area contributed by atoms with Crippen LogP contribution in [0.4, 0.5) is 0 Å². The quantitative estimate of drug-likeness (QED) is 0.394. The van der Waals surface area contributed by atoms with Crippen molar-refractivity contribution in [3.63, 3.8) is 0 Å². The minimum Gasteiger partial charge on any atom is -0.423 e.